The molecular weight excluding hydrogens is 309 g/mol. The van der Waals surface area contributed by atoms with Crippen LogP contribution in [-0.2, 0) is 11.2 Å². The number of anilines is 1. The third-order valence-electron chi connectivity index (χ3n) is 3.44. The van der Waals surface area contributed by atoms with Crippen LogP contribution >= 0.6 is 0 Å². The van der Waals surface area contributed by atoms with E-state index in [9.17, 15) is 9.18 Å². The van der Waals surface area contributed by atoms with Crippen molar-refractivity contribution in [2.24, 2.45) is 0 Å². The van der Waals surface area contributed by atoms with Gasteiger partial charge in [-0.25, -0.2) is 4.39 Å². The lowest BCUT2D eigenvalue weighted by Crippen LogP contribution is -2.12. The summed E-state index contributed by atoms with van der Waals surface area (Å²) in [6, 6.07) is 13.4. The van der Waals surface area contributed by atoms with Gasteiger partial charge in [0, 0.05) is 24.1 Å². The second-order valence-corrected chi connectivity index (χ2v) is 5.44. The quantitative estimate of drug-likeness (QED) is 0.775. The zero-order valence-electron chi connectivity index (χ0n) is 13.1. The highest BCUT2D eigenvalue weighted by Gasteiger charge is 2.11. The number of hydrogen-bond donors (Lipinski definition) is 1. The van der Waals surface area contributed by atoms with Crippen LogP contribution < -0.4 is 5.32 Å². The molecule has 0 unspecified atom stereocenters. The lowest BCUT2D eigenvalue weighted by molar-refractivity contribution is -0.116. The van der Waals surface area contributed by atoms with Crippen LogP contribution in [0.1, 0.15) is 17.9 Å². The maximum absolute atomic E-state index is 12.9. The standard InChI is InChI=1S/C18H16FN3O2/c1-12-3-2-4-15(11-12)20-16(23)9-10-17-21-18(22-24-17)13-5-7-14(19)8-6-13/h2-8,11H,9-10H2,1H3,(H,20,23). The monoisotopic (exact) mass is 325 g/mol. The summed E-state index contributed by atoms with van der Waals surface area (Å²) in [6.45, 7) is 1.96. The maximum atomic E-state index is 12.9. The second kappa shape index (κ2) is 7.04. The molecule has 0 aliphatic carbocycles. The van der Waals surface area contributed by atoms with E-state index in [0.29, 0.717) is 23.7 Å². The fraction of sp³-hybridized carbons (Fsp3) is 0.167. The first-order valence-corrected chi connectivity index (χ1v) is 7.55. The Morgan fingerprint density at radius 1 is 1.21 bits per heavy atom. The number of carbonyl (C=O) groups excluding carboxylic acids is 1. The highest BCUT2D eigenvalue weighted by molar-refractivity contribution is 5.90. The van der Waals surface area contributed by atoms with Crippen LogP contribution in [-0.4, -0.2) is 16.0 Å². The molecule has 0 aliphatic rings. The van der Waals surface area contributed by atoms with E-state index in [0.717, 1.165) is 11.3 Å². The van der Waals surface area contributed by atoms with Crippen LogP contribution in [0, 0.1) is 12.7 Å². The van der Waals surface area contributed by atoms with Gasteiger partial charge in [0.05, 0.1) is 0 Å². The molecule has 0 bridgehead atoms. The van der Waals surface area contributed by atoms with Crippen molar-refractivity contribution >= 4 is 11.6 Å². The molecule has 2 aromatic carbocycles. The first-order chi connectivity index (χ1) is 11.6. The fourth-order valence-electron chi connectivity index (χ4n) is 2.24. The van der Waals surface area contributed by atoms with Crippen LogP contribution in [0.4, 0.5) is 10.1 Å². The summed E-state index contributed by atoms with van der Waals surface area (Å²) >= 11 is 0. The van der Waals surface area contributed by atoms with Gasteiger partial charge >= 0.3 is 0 Å². The summed E-state index contributed by atoms with van der Waals surface area (Å²) < 4.78 is 18.0. The van der Waals surface area contributed by atoms with Gasteiger partial charge in [-0.05, 0) is 48.9 Å². The molecule has 0 radical (unpaired) electrons. The number of hydrogen-bond acceptors (Lipinski definition) is 4. The number of carbonyl (C=O) groups is 1. The minimum Gasteiger partial charge on any atom is -0.339 e. The third kappa shape index (κ3) is 4.04. The van der Waals surface area contributed by atoms with E-state index in [1.165, 1.54) is 12.1 Å². The second-order valence-electron chi connectivity index (χ2n) is 5.44. The summed E-state index contributed by atoms with van der Waals surface area (Å²) in [5.41, 5.74) is 2.50. The average molecular weight is 325 g/mol. The zero-order chi connectivity index (χ0) is 16.9. The highest BCUT2D eigenvalue weighted by Crippen LogP contribution is 2.17. The summed E-state index contributed by atoms with van der Waals surface area (Å²) in [7, 11) is 0. The predicted molar refractivity (Wildman–Crippen MR) is 87.8 cm³/mol. The summed E-state index contributed by atoms with van der Waals surface area (Å²) in [4.78, 5) is 16.2. The number of amides is 1. The van der Waals surface area contributed by atoms with E-state index in [-0.39, 0.29) is 18.1 Å². The van der Waals surface area contributed by atoms with Crippen molar-refractivity contribution in [1.29, 1.82) is 0 Å². The Morgan fingerprint density at radius 3 is 2.75 bits per heavy atom. The molecule has 122 valence electrons. The number of halogens is 1. The molecule has 0 fully saturated rings. The van der Waals surface area contributed by atoms with Gasteiger partial charge in [-0.1, -0.05) is 17.3 Å². The highest BCUT2D eigenvalue weighted by atomic mass is 19.1. The molecule has 0 atom stereocenters. The molecule has 0 aliphatic heterocycles. The van der Waals surface area contributed by atoms with Crippen molar-refractivity contribution in [3.05, 3.63) is 65.8 Å². The molecule has 1 N–H and O–H groups in total. The van der Waals surface area contributed by atoms with Gasteiger partial charge in [0.15, 0.2) is 0 Å². The Hall–Kier alpha value is -3.02. The molecule has 0 saturated carbocycles. The Morgan fingerprint density at radius 2 is 2.00 bits per heavy atom. The van der Waals surface area contributed by atoms with E-state index in [2.05, 4.69) is 15.5 Å². The minimum absolute atomic E-state index is 0.123. The van der Waals surface area contributed by atoms with Crippen LogP contribution in [0.2, 0.25) is 0 Å². The van der Waals surface area contributed by atoms with Gasteiger partial charge in [0.2, 0.25) is 17.6 Å². The van der Waals surface area contributed by atoms with Crippen molar-refractivity contribution in [2.45, 2.75) is 19.8 Å². The SMILES string of the molecule is Cc1cccc(NC(=O)CCc2nc(-c3ccc(F)cc3)no2)c1. The number of benzene rings is 2. The third-order valence-corrected chi connectivity index (χ3v) is 3.44. The minimum atomic E-state index is -0.324. The van der Waals surface area contributed by atoms with Gasteiger partial charge < -0.3 is 9.84 Å². The summed E-state index contributed by atoms with van der Waals surface area (Å²) in [5.74, 6) is 0.301. The van der Waals surface area contributed by atoms with E-state index < -0.39 is 0 Å². The smallest absolute Gasteiger partial charge is 0.227 e. The van der Waals surface area contributed by atoms with Gasteiger partial charge in [-0.2, -0.15) is 4.98 Å². The van der Waals surface area contributed by atoms with E-state index in [1.807, 2.05) is 31.2 Å². The van der Waals surface area contributed by atoms with Gasteiger partial charge in [-0.3, -0.25) is 4.79 Å². The Balaban J connectivity index is 1.57. The fourth-order valence-corrected chi connectivity index (χ4v) is 2.24. The summed E-state index contributed by atoms with van der Waals surface area (Å²) in [5, 5.41) is 6.68. The lowest BCUT2D eigenvalue weighted by Gasteiger charge is -2.04. The first-order valence-electron chi connectivity index (χ1n) is 7.55. The van der Waals surface area contributed by atoms with Crippen molar-refractivity contribution < 1.29 is 13.7 Å². The van der Waals surface area contributed by atoms with Crippen molar-refractivity contribution in [3.63, 3.8) is 0 Å². The molecule has 1 aromatic heterocycles. The van der Waals surface area contributed by atoms with E-state index >= 15 is 0 Å². The predicted octanol–water partition coefficient (Wildman–Crippen LogP) is 3.76. The van der Waals surface area contributed by atoms with Crippen LogP contribution in [0.5, 0.6) is 0 Å². The largest absolute Gasteiger partial charge is 0.339 e. The van der Waals surface area contributed by atoms with Gasteiger partial charge in [-0.15, -0.1) is 0 Å². The molecule has 1 heterocycles. The van der Waals surface area contributed by atoms with Gasteiger partial charge in [0.1, 0.15) is 5.82 Å². The van der Waals surface area contributed by atoms with E-state index in [4.69, 9.17) is 4.52 Å². The molecule has 6 heteroatoms. The Labute approximate surface area is 138 Å². The normalized spacial score (nSPS) is 10.6. The topological polar surface area (TPSA) is 68.0 Å². The molecule has 0 spiro atoms. The Kier molecular flexibility index (Phi) is 4.65. The first kappa shape index (κ1) is 15.9. The molecular formula is C18H16FN3O2. The number of aryl methyl sites for hydroxylation is 2. The molecule has 24 heavy (non-hydrogen) atoms. The number of nitrogens with one attached hydrogen (secondary N) is 1. The van der Waals surface area contributed by atoms with Crippen LogP contribution in [0.15, 0.2) is 53.1 Å². The van der Waals surface area contributed by atoms with Crippen LogP contribution in [0.3, 0.4) is 0 Å². The van der Waals surface area contributed by atoms with Crippen LogP contribution in [0.25, 0.3) is 11.4 Å². The molecule has 5 nitrogen and oxygen atoms in total. The van der Waals surface area contributed by atoms with Crippen molar-refractivity contribution in [2.75, 3.05) is 5.32 Å². The number of nitrogens with zero attached hydrogens (tertiary/aromatic N) is 2. The molecule has 3 rings (SSSR count). The molecule has 1 amide bonds. The van der Waals surface area contributed by atoms with E-state index in [1.54, 1.807) is 12.1 Å². The zero-order valence-corrected chi connectivity index (χ0v) is 13.1. The van der Waals surface area contributed by atoms with Crippen molar-refractivity contribution in [1.82, 2.24) is 10.1 Å². The maximum Gasteiger partial charge on any atom is 0.227 e. The average Bonchev–Trinajstić information content (AvgIpc) is 3.03. The Bertz CT molecular complexity index is 843. The van der Waals surface area contributed by atoms with Gasteiger partial charge in [0.25, 0.3) is 0 Å². The number of rotatable bonds is 5. The molecule has 0 saturated heterocycles. The lowest BCUT2D eigenvalue weighted by atomic mass is 10.2. The molecule has 3 aromatic rings. The van der Waals surface area contributed by atoms with Crippen molar-refractivity contribution in [3.8, 4) is 11.4 Å². The summed E-state index contributed by atoms with van der Waals surface area (Å²) in [6.07, 6.45) is 0.574. The number of aromatic nitrogens is 2.